The fourth-order valence-electron chi connectivity index (χ4n) is 13.7. The van der Waals surface area contributed by atoms with Gasteiger partial charge in [-0.25, -0.2) is 19.9 Å². The molecule has 430 valence electrons. The molecule has 9 aliphatic rings. The Morgan fingerprint density at radius 2 is 1.09 bits per heavy atom. The lowest BCUT2D eigenvalue weighted by Gasteiger charge is -2.32. The van der Waals surface area contributed by atoms with E-state index in [4.69, 9.17) is 28.8 Å². The molecule has 5 aliphatic heterocycles. The minimum Gasteiger partial charge on any atom is -0.473 e. The van der Waals surface area contributed by atoms with E-state index in [0.717, 1.165) is 131 Å². The number of benzene rings is 2. The lowest BCUT2D eigenvalue weighted by Crippen LogP contribution is -2.41. The van der Waals surface area contributed by atoms with Crippen LogP contribution in [0.3, 0.4) is 0 Å². The average Bonchev–Trinajstić information content (AvgIpc) is 4.30. The van der Waals surface area contributed by atoms with E-state index < -0.39 is 0 Å². The Kier molecular flexibility index (Phi) is 13.8. The predicted molar refractivity (Wildman–Crippen MR) is 313 cm³/mol. The number of rotatable bonds is 10. The average molecular weight is 1110 g/mol. The Morgan fingerprint density at radius 1 is 0.610 bits per heavy atom. The van der Waals surface area contributed by atoms with E-state index in [1.54, 1.807) is 0 Å². The zero-order valence-electron chi connectivity index (χ0n) is 48.5. The lowest BCUT2D eigenvalue weighted by molar-refractivity contribution is -0.122. The molecule has 15 rings (SSSR count). The number of carbonyl (C=O) groups excluding carboxylic acids is 4. The molecule has 0 bridgehead atoms. The van der Waals surface area contributed by atoms with Gasteiger partial charge in [-0.2, -0.15) is 0 Å². The van der Waals surface area contributed by atoms with E-state index >= 15 is 0 Å². The summed E-state index contributed by atoms with van der Waals surface area (Å²) in [4.78, 5) is 67.7. The molecule has 4 saturated carbocycles. The molecule has 19 heteroatoms. The largest absolute Gasteiger partial charge is 0.494 e. The van der Waals surface area contributed by atoms with Gasteiger partial charge in [-0.3, -0.25) is 19.2 Å². The zero-order chi connectivity index (χ0) is 56.9. The fourth-order valence-corrected chi connectivity index (χ4v) is 13.7. The summed E-state index contributed by atoms with van der Waals surface area (Å²) >= 11 is 0. The molecule has 6 aromatic rings. The number of nitrogens with zero attached hydrogens (tertiary/aromatic N) is 6. The highest BCUT2D eigenvalue weighted by molar-refractivity contribution is 6.62. The highest BCUT2D eigenvalue weighted by Gasteiger charge is 2.53. The molecule has 18 nitrogen and oxygen atoms in total. The summed E-state index contributed by atoms with van der Waals surface area (Å²) in [5, 5.41) is 12.0. The van der Waals surface area contributed by atoms with Gasteiger partial charge in [0, 0.05) is 72.5 Å². The molecule has 2 spiro atoms. The Morgan fingerprint density at radius 3 is 1.57 bits per heavy atom. The van der Waals surface area contributed by atoms with E-state index in [9.17, 15) is 19.2 Å². The molecule has 0 unspecified atom stereocenters. The summed E-state index contributed by atoms with van der Waals surface area (Å²) in [5.41, 5.74) is 9.99. The normalized spacial score (nSPS) is 24.2. The number of amides is 4. The molecule has 2 aromatic carbocycles. The third kappa shape index (κ3) is 9.90. The van der Waals surface area contributed by atoms with Gasteiger partial charge in [-0.1, -0.05) is 62.8 Å². The molecule has 82 heavy (non-hydrogen) atoms. The van der Waals surface area contributed by atoms with E-state index in [1.807, 2.05) is 51.6 Å². The Balaban J connectivity index is 0.000000121. The Labute approximate surface area is 479 Å². The van der Waals surface area contributed by atoms with Crippen LogP contribution in [0.5, 0.6) is 11.8 Å². The minimum absolute atomic E-state index is 0.0565. The molecular weight excluding hydrogens is 1040 g/mol. The molecule has 9 heterocycles. The van der Waals surface area contributed by atoms with E-state index in [1.165, 1.54) is 25.7 Å². The van der Waals surface area contributed by atoms with Crippen LogP contribution in [0.15, 0.2) is 61.2 Å². The smallest absolute Gasteiger partial charge is 0.473 e. The Hall–Kier alpha value is -6.86. The van der Waals surface area contributed by atoms with Gasteiger partial charge in [0.2, 0.25) is 35.4 Å². The standard InChI is InChI=1S/C28H31N5O3.C19H26BNO3.C16H20N4O2/c1-16(18-12-24(34)29-14-18)36-26-25-23(30-15-33(25)19-6-7-19)13-21(31-26)17-5-8-20-22(11-17)32-27(35)28(20)9-3-2-4-10-28;1-17(2)18(3,4)24-20(23-17)13-8-9-14-15(12-13)21-16(22)19(14)10-6-5-7-11-19;1-9-5-13-15(20(8-18-13)12-3-4-12)16(19-9)22-10(2)11-6-14(21)17-7-11/h5,8,11,13,15-16,18-19H,2-4,6-7,9-10,12,14H2,1H3,(H,29,34)(H,32,35);8-9,12H,5-7,10-11H2,1-4H3,(H,21,22);5,8,10-12H,3-4,6-7H2,1-2H3,(H,17,21)/t16-,18-;;10-,11-/m1.1/s1. The number of carbonyl (C=O) groups is 4. The zero-order valence-corrected chi connectivity index (χ0v) is 48.5. The summed E-state index contributed by atoms with van der Waals surface area (Å²) in [6.07, 6.45) is 19.8. The number of hydrogen-bond acceptors (Lipinski definition) is 12. The second-order valence-corrected chi connectivity index (χ2v) is 25.9. The summed E-state index contributed by atoms with van der Waals surface area (Å²) in [6, 6.07) is 17.4. The molecule has 4 aromatic heterocycles. The number of fused-ring (bicyclic) bond motifs is 6. The summed E-state index contributed by atoms with van der Waals surface area (Å²) in [6.45, 7) is 15.5. The van der Waals surface area contributed by atoms with Gasteiger partial charge in [0.1, 0.15) is 23.2 Å². The Bertz CT molecular complexity index is 3500. The number of aryl methyl sites for hydroxylation is 1. The van der Waals surface area contributed by atoms with Crippen molar-refractivity contribution in [1.29, 1.82) is 0 Å². The molecule has 4 amide bonds. The second-order valence-electron chi connectivity index (χ2n) is 25.9. The van der Waals surface area contributed by atoms with E-state index in [-0.39, 0.29) is 76.8 Å². The van der Waals surface area contributed by atoms with Gasteiger partial charge in [0.05, 0.1) is 51.4 Å². The fraction of sp³-hybridized carbons (Fsp3) is 0.556. The monoisotopic (exact) mass is 1110 g/mol. The molecular formula is C63H77BN10O8. The van der Waals surface area contributed by atoms with Crippen molar-refractivity contribution in [2.24, 2.45) is 11.8 Å². The first-order valence-electron chi connectivity index (χ1n) is 30.2. The summed E-state index contributed by atoms with van der Waals surface area (Å²) in [5.74, 6) is 1.99. The van der Waals surface area contributed by atoms with Crippen LogP contribution in [0.2, 0.25) is 0 Å². The van der Waals surface area contributed by atoms with E-state index in [0.29, 0.717) is 49.8 Å². The number of aromatic nitrogens is 6. The number of ether oxygens (including phenoxy) is 2. The molecule has 0 radical (unpaired) electrons. The number of anilines is 2. The maximum absolute atomic E-state index is 13.0. The minimum atomic E-state index is -0.389. The third-order valence-corrected chi connectivity index (χ3v) is 19.7. The highest BCUT2D eigenvalue weighted by Crippen LogP contribution is 2.50. The first-order valence-corrected chi connectivity index (χ1v) is 30.2. The first kappa shape index (κ1) is 54.4. The highest BCUT2D eigenvalue weighted by atomic mass is 16.7. The molecule has 7 fully saturated rings. The van der Waals surface area contributed by atoms with Crippen LogP contribution in [0, 0.1) is 18.8 Å². The molecule has 3 saturated heterocycles. The van der Waals surface area contributed by atoms with Gasteiger partial charge in [-0.05, 0) is 141 Å². The van der Waals surface area contributed by atoms with Gasteiger partial charge >= 0.3 is 7.12 Å². The van der Waals surface area contributed by atoms with Gasteiger partial charge in [-0.15, -0.1) is 0 Å². The molecule has 4 N–H and O–H groups in total. The van der Waals surface area contributed by atoms with E-state index in [2.05, 4.69) is 98.4 Å². The first-order chi connectivity index (χ1) is 39.4. The predicted octanol–water partition coefficient (Wildman–Crippen LogP) is 9.61. The van der Waals surface area contributed by atoms with Crippen molar-refractivity contribution in [3.05, 3.63) is 78.0 Å². The SMILES string of the molecule is CC1(C)OB(c2ccc3c(c2)NC(=O)C32CCCCC2)OC1(C)C.C[C@@H](Oc1nc(-c2ccc3c(c2)NC(=O)C32CCCCC2)cc2ncn(C3CC3)c12)[C@H]1CNC(=O)C1.Cc1cc2ncn(C3CC3)c2c(O[C@H](C)[C@H]2CNC(=O)C2)n1. The van der Waals surface area contributed by atoms with Crippen molar-refractivity contribution < 1.29 is 38.0 Å². The van der Waals surface area contributed by atoms with Crippen LogP contribution >= 0.6 is 0 Å². The van der Waals surface area contributed by atoms with Gasteiger partial charge < -0.3 is 49.2 Å². The number of nitrogens with one attached hydrogen (secondary N) is 4. The topological polar surface area (TPSA) is 215 Å². The number of imidazole rings is 2. The maximum atomic E-state index is 13.0. The van der Waals surface area contributed by atoms with Gasteiger partial charge in [0.25, 0.3) is 0 Å². The van der Waals surface area contributed by atoms with Crippen LogP contribution in [0.4, 0.5) is 11.4 Å². The van der Waals surface area contributed by atoms with Gasteiger partial charge in [0.15, 0.2) is 0 Å². The second kappa shape index (κ2) is 20.8. The van der Waals surface area contributed by atoms with Crippen molar-refractivity contribution in [2.45, 2.75) is 198 Å². The van der Waals surface area contributed by atoms with Crippen molar-refractivity contribution >= 4 is 69.7 Å². The van der Waals surface area contributed by atoms with Crippen LogP contribution in [-0.2, 0) is 39.3 Å². The maximum Gasteiger partial charge on any atom is 0.494 e. The van der Waals surface area contributed by atoms with Crippen LogP contribution in [0.25, 0.3) is 33.3 Å². The third-order valence-electron chi connectivity index (χ3n) is 19.7. The van der Waals surface area contributed by atoms with Crippen molar-refractivity contribution in [2.75, 3.05) is 23.7 Å². The lowest BCUT2D eigenvalue weighted by atomic mass is 9.69. The van der Waals surface area contributed by atoms with Crippen LogP contribution < -0.4 is 36.2 Å². The van der Waals surface area contributed by atoms with Crippen LogP contribution in [-0.4, -0.2) is 96.3 Å². The molecule has 4 atom stereocenters. The number of hydrogen-bond donors (Lipinski definition) is 4. The molecule has 4 aliphatic carbocycles. The quantitative estimate of drug-likeness (QED) is 0.0944. The summed E-state index contributed by atoms with van der Waals surface area (Å²) < 4.78 is 29.3. The summed E-state index contributed by atoms with van der Waals surface area (Å²) in [7, 11) is -0.389. The number of pyridine rings is 2. The van der Waals surface area contributed by atoms with Crippen LogP contribution in [0.1, 0.15) is 173 Å². The van der Waals surface area contributed by atoms with Crippen molar-refractivity contribution in [3.63, 3.8) is 0 Å². The van der Waals surface area contributed by atoms with Crippen molar-refractivity contribution in [3.8, 4) is 23.0 Å². The van der Waals surface area contributed by atoms with Crippen molar-refractivity contribution in [1.82, 2.24) is 39.7 Å².